The molecule has 3 aromatic rings. The van der Waals surface area contributed by atoms with Crippen molar-refractivity contribution in [3.05, 3.63) is 86.1 Å². The van der Waals surface area contributed by atoms with E-state index in [0.29, 0.717) is 34.7 Å². The van der Waals surface area contributed by atoms with Gasteiger partial charge in [0.15, 0.2) is 11.2 Å². The number of pyridine rings is 1. The molecule has 41 heavy (non-hydrogen) atoms. The van der Waals surface area contributed by atoms with Gasteiger partial charge in [-0.15, -0.1) is 6.42 Å². The first-order chi connectivity index (χ1) is 19.4. The van der Waals surface area contributed by atoms with E-state index in [0.717, 1.165) is 0 Å². The summed E-state index contributed by atoms with van der Waals surface area (Å²) in [5, 5.41) is 2.70. The Kier molecular flexibility index (Phi) is 8.17. The van der Waals surface area contributed by atoms with Crippen molar-refractivity contribution in [3.8, 4) is 29.5 Å². The number of sulfonamides is 1. The first-order valence-electron chi connectivity index (χ1n) is 12.8. The Morgan fingerprint density at radius 1 is 1.15 bits per heavy atom. The number of terminal acetylenes is 1. The molecule has 0 saturated carbocycles. The number of nitrogens with one attached hydrogen (secondary N) is 2. The number of carbonyl (C=O) groups is 2. The summed E-state index contributed by atoms with van der Waals surface area (Å²) < 4.78 is 48.9. The van der Waals surface area contributed by atoms with Gasteiger partial charge in [0, 0.05) is 30.3 Å². The van der Waals surface area contributed by atoms with Gasteiger partial charge in [-0.05, 0) is 81.2 Å². The van der Waals surface area contributed by atoms with Crippen LogP contribution in [0.25, 0.3) is 11.8 Å². The number of rotatable bonds is 9. The molecule has 0 fully saturated rings. The summed E-state index contributed by atoms with van der Waals surface area (Å²) in [7, 11) is -3.67. The molecule has 212 valence electrons. The fraction of sp³-hybridized carbons (Fsp3) is 0.233. The standard InChI is InChI=1S/C30H28FN3O6S/c1-6-26(35)23-16-34(24-14-19(30(37)32-7-2)13-22(24)28(23)36)25-15-21(33-41(38,39)8-3)9-10-27(25)40-29-17(4)11-20(31)12-18(29)5/h1,9-12,14-16,33H,7-8,13H2,2-5H3,(H,32,37). The average Bonchev–Trinajstić information content (AvgIpc) is 3.37. The molecule has 1 heterocycles. The number of likely N-dealkylation sites (N-methyl/N-ethyl adjacent to an activating group) is 1. The monoisotopic (exact) mass is 577 g/mol. The second kappa shape index (κ2) is 11.4. The van der Waals surface area contributed by atoms with Crippen LogP contribution in [0.3, 0.4) is 0 Å². The number of aromatic nitrogens is 1. The van der Waals surface area contributed by atoms with Gasteiger partial charge in [0.1, 0.15) is 11.6 Å². The molecule has 0 radical (unpaired) electrons. The van der Waals surface area contributed by atoms with Crippen LogP contribution in [0.15, 0.2) is 46.9 Å². The molecule has 1 aliphatic carbocycles. The fourth-order valence-corrected chi connectivity index (χ4v) is 5.18. The zero-order valence-electron chi connectivity index (χ0n) is 22.9. The number of ketones is 1. The quantitative estimate of drug-likeness (QED) is 0.225. The molecule has 1 aliphatic rings. The molecule has 2 N–H and O–H groups in total. The summed E-state index contributed by atoms with van der Waals surface area (Å²) in [6.45, 7) is 6.97. The molecule has 0 bridgehead atoms. The summed E-state index contributed by atoms with van der Waals surface area (Å²) in [5.74, 6) is 0.688. The number of hydrogen-bond acceptors (Lipinski definition) is 6. The van der Waals surface area contributed by atoms with Crippen LogP contribution in [0.5, 0.6) is 11.5 Å². The third kappa shape index (κ3) is 5.93. The van der Waals surface area contributed by atoms with E-state index in [1.54, 1.807) is 20.8 Å². The summed E-state index contributed by atoms with van der Waals surface area (Å²) in [6, 6.07) is 7.11. The first kappa shape index (κ1) is 29.3. The van der Waals surface area contributed by atoms with Gasteiger partial charge in [0.2, 0.25) is 21.7 Å². The number of fused-ring (bicyclic) bond motifs is 1. The number of carbonyl (C=O) groups excluding carboxylic acids is 2. The van der Waals surface area contributed by atoms with Gasteiger partial charge in [-0.25, -0.2) is 12.8 Å². The van der Waals surface area contributed by atoms with Crippen molar-refractivity contribution < 1.29 is 27.1 Å². The van der Waals surface area contributed by atoms with Crippen molar-refractivity contribution in [1.29, 1.82) is 0 Å². The maximum Gasteiger partial charge on any atom is 0.247 e. The maximum absolute atomic E-state index is 14.0. The highest BCUT2D eigenvalue weighted by molar-refractivity contribution is 7.92. The Morgan fingerprint density at radius 3 is 2.44 bits per heavy atom. The van der Waals surface area contributed by atoms with E-state index in [-0.39, 0.29) is 46.3 Å². The Hall–Kier alpha value is -4.69. The van der Waals surface area contributed by atoms with Gasteiger partial charge < -0.3 is 14.6 Å². The third-order valence-corrected chi connectivity index (χ3v) is 7.84. The van der Waals surface area contributed by atoms with Crippen LogP contribution < -0.4 is 20.2 Å². The van der Waals surface area contributed by atoms with Gasteiger partial charge in [0.25, 0.3) is 0 Å². The number of Topliss-reactive ketones (excluding diaryl/α,β-unsaturated/α-hetero) is 1. The molecule has 1 amide bonds. The SMILES string of the molecule is C#CC(=O)c1cn(-c2cc(NS(=O)(=O)CC)ccc2Oc2c(C)cc(F)cc2C)c2c(c1=O)CC(C(=O)NCC)=C2. The van der Waals surface area contributed by atoms with E-state index in [1.807, 2.05) is 5.92 Å². The van der Waals surface area contributed by atoms with Crippen LogP contribution in [0.4, 0.5) is 10.1 Å². The molecule has 1 aromatic heterocycles. The molecule has 0 spiro atoms. The Morgan fingerprint density at radius 2 is 1.83 bits per heavy atom. The minimum atomic E-state index is -3.67. The predicted octanol–water partition coefficient (Wildman–Crippen LogP) is 4.04. The van der Waals surface area contributed by atoms with Crippen LogP contribution in [-0.4, -0.2) is 37.0 Å². The number of benzene rings is 2. The van der Waals surface area contributed by atoms with Gasteiger partial charge in [-0.1, -0.05) is 0 Å². The molecule has 0 atom stereocenters. The highest BCUT2D eigenvalue weighted by atomic mass is 32.2. The minimum Gasteiger partial charge on any atom is -0.455 e. The molecule has 0 unspecified atom stereocenters. The highest BCUT2D eigenvalue weighted by Crippen LogP contribution is 2.37. The second-order valence-electron chi connectivity index (χ2n) is 9.44. The summed E-state index contributed by atoms with van der Waals surface area (Å²) in [5.41, 5.74) is 1.32. The first-order valence-corrected chi connectivity index (χ1v) is 14.4. The van der Waals surface area contributed by atoms with Crippen LogP contribution in [0.2, 0.25) is 0 Å². The smallest absolute Gasteiger partial charge is 0.247 e. The van der Waals surface area contributed by atoms with E-state index in [1.165, 1.54) is 54.1 Å². The van der Waals surface area contributed by atoms with E-state index in [2.05, 4.69) is 10.0 Å². The Bertz CT molecular complexity index is 1810. The van der Waals surface area contributed by atoms with Crippen molar-refractivity contribution in [2.75, 3.05) is 17.0 Å². The van der Waals surface area contributed by atoms with Crippen molar-refractivity contribution in [2.45, 2.75) is 34.1 Å². The number of aryl methyl sites for hydroxylation is 2. The predicted molar refractivity (Wildman–Crippen MR) is 155 cm³/mol. The Labute approximate surface area is 237 Å². The maximum atomic E-state index is 14.0. The van der Waals surface area contributed by atoms with Crippen molar-refractivity contribution in [3.63, 3.8) is 0 Å². The van der Waals surface area contributed by atoms with Crippen LogP contribution >= 0.6 is 0 Å². The number of anilines is 1. The fourth-order valence-electron chi connectivity index (χ4n) is 4.55. The minimum absolute atomic E-state index is 0.0415. The third-order valence-electron chi connectivity index (χ3n) is 6.54. The lowest BCUT2D eigenvalue weighted by Crippen LogP contribution is -2.26. The van der Waals surface area contributed by atoms with Gasteiger partial charge in [-0.2, -0.15) is 0 Å². The molecule has 0 saturated heterocycles. The van der Waals surface area contributed by atoms with E-state index in [4.69, 9.17) is 11.2 Å². The van der Waals surface area contributed by atoms with Crippen LogP contribution in [0.1, 0.15) is 46.6 Å². The zero-order chi connectivity index (χ0) is 30.1. The molecular formula is C30H28FN3O6S. The lowest BCUT2D eigenvalue weighted by molar-refractivity contribution is -0.117. The lowest BCUT2D eigenvalue weighted by atomic mass is 10.1. The Balaban J connectivity index is 2.02. The summed E-state index contributed by atoms with van der Waals surface area (Å²) >= 11 is 0. The number of ether oxygens (including phenoxy) is 1. The number of nitrogens with zero attached hydrogens (tertiary/aromatic N) is 1. The molecule has 11 heteroatoms. The highest BCUT2D eigenvalue weighted by Gasteiger charge is 2.28. The number of halogens is 1. The normalized spacial score (nSPS) is 12.2. The topological polar surface area (TPSA) is 124 Å². The van der Waals surface area contributed by atoms with Gasteiger partial charge >= 0.3 is 0 Å². The van der Waals surface area contributed by atoms with Crippen molar-refractivity contribution >= 4 is 33.5 Å². The van der Waals surface area contributed by atoms with Crippen LogP contribution in [0, 0.1) is 32.0 Å². The second-order valence-corrected chi connectivity index (χ2v) is 11.5. The average molecular weight is 578 g/mol. The molecular weight excluding hydrogens is 549 g/mol. The molecule has 0 aliphatic heterocycles. The number of amides is 1. The lowest BCUT2D eigenvalue weighted by Gasteiger charge is -2.20. The van der Waals surface area contributed by atoms with Gasteiger partial charge in [0.05, 0.1) is 28.4 Å². The van der Waals surface area contributed by atoms with Crippen molar-refractivity contribution in [1.82, 2.24) is 9.88 Å². The molecule has 4 rings (SSSR count). The summed E-state index contributed by atoms with van der Waals surface area (Å²) in [6.07, 6.45) is 8.10. The van der Waals surface area contributed by atoms with Crippen molar-refractivity contribution in [2.24, 2.45) is 0 Å². The van der Waals surface area contributed by atoms with E-state index in [9.17, 15) is 27.2 Å². The largest absolute Gasteiger partial charge is 0.455 e. The molecule has 9 nitrogen and oxygen atoms in total. The van der Waals surface area contributed by atoms with E-state index < -0.39 is 27.1 Å². The van der Waals surface area contributed by atoms with Gasteiger partial charge in [-0.3, -0.25) is 19.1 Å². The van der Waals surface area contributed by atoms with Crippen LogP contribution in [-0.2, 0) is 21.2 Å². The summed E-state index contributed by atoms with van der Waals surface area (Å²) in [4.78, 5) is 38.6. The number of hydrogen-bond donors (Lipinski definition) is 2. The van der Waals surface area contributed by atoms with E-state index >= 15 is 0 Å². The molecule has 2 aromatic carbocycles. The zero-order valence-corrected chi connectivity index (χ0v) is 23.7.